The highest BCUT2D eigenvalue weighted by atomic mass is 79.9. The number of nitrogens with one attached hydrogen (secondary N) is 2. The minimum atomic E-state index is -0.163. The van der Waals surface area contributed by atoms with Gasteiger partial charge in [-0.3, -0.25) is 0 Å². The van der Waals surface area contributed by atoms with E-state index in [1.54, 1.807) is 0 Å². The van der Waals surface area contributed by atoms with Crippen LogP contribution in [0.2, 0.25) is 0 Å². The molecule has 0 heterocycles. The van der Waals surface area contributed by atoms with Crippen LogP contribution in [0.15, 0.2) is 59.1 Å². The molecule has 2 aromatic carbocycles. The summed E-state index contributed by atoms with van der Waals surface area (Å²) in [5.74, 6) is 0. The first kappa shape index (κ1) is 14.6. The van der Waals surface area contributed by atoms with Crippen LogP contribution in [0.1, 0.15) is 24.1 Å². The Morgan fingerprint density at radius 1 is 1.10 bits per heavy atom. The minimum absolute atomic E-state index is 0.0288. The Morgan fingerprint density at radius 3 is 2.40 bits per heavy atom. The molecule has 3 nitrogen and oxygen atoms in total. The van der Waals surface area contributed by atoms with E-state index in [2.05, 4.69) is 26.6 Å². The molecule has 0 radical (unpaired) electrons. The predicted octanol–water partition coefficient (Wildman–Crippen LogP) is 4.01. The third kappa shape index (κ3) is 4.38. The van der Waals surface area contributed by atoms with E-state index < -0.39 is 0 Å². The van der Waals surface area contributed by atoms with Gasteiger partial charge < -0.3 is 10.6 Å². The average molecular weight is 333 g/mol. The van der Waals surface area contributed by atoms with Crippen LogP contribution >= 0.6 is 15.9 Å². The molecule has 4 heteroatoms. The first-order chi connectivity index (χ1) is 9.65. The highest BCUT2D eigenvalue weighted by Crippen LogP contribution is 2.16. The van der Waals surface area contributed by atoms with Gasteiger partial charge in [0.2, 0.25) is 0 Å². The number of carbonyl (C=O) groups excluding carboxylic acids is 1. The molecule has 0 spiro atoms. The van der Waals surface area contributed by atoms with Crippen molar-refractivity contribution in [3.05, 3.63) is 70.2 Å². The zero-order valence-electron chi connectivity index (χ0n) is 11.3. The van der Waals surface area contributed by atoms with Gasteiger partial charge in [-0.15, -0.1) is 0 Å². The normalized spacial score (nSPS) is 11.7. The lowest BCUT2D eigenvalue weighted by Gasteiger charge is -2.15. The Kier molecular flexibility index (Phi) is 5.18. The Bertz CT molecular complexity index is 554. The van der Waals surface area contributed by atoms with Crippen LogP contribution in [0.25, 0.3) is 0 Å². The maximum absolute atomic E-state index is 11.8. The van der Waals surface area contributed by atoms with E-state index in [0.29, 0.717) is 6.54 Å². The van der Waals surface area contributed by atoms with Crippen molar-refractivity contribution in [2.75, 3.05) is 0 Å². The third-order valence-corrected chi connectivity index (χ3v) is 3.54. The van der Waals surface area contributed by atoms with Gasteiger partial charge in [-0.1, -0.05) is 58.4 Å². The SMILES string of the molecule is CC(NC(=O)NCc1ccccc1)c1ccc(Br)cc1. The Hall–Kier alpha value is -1.81. The fraction of sp³-hybridized carbons (Fsp3) is 0.188. The lowest BCUT2D eigenvalue weighted by molar-refractivity contribution is 0.237. The second kappa shape index (κ2) is 7.10. The summed E-state index contributed by atoms with van der Waals surface area (Å²) in [5, 5.41) is 5.77. The summed E-state index contributed by atoms with van der Waals surface area (Å²) in [4.78, 5) is 11.8. The van der Waals surface area contributed by atoms with Gasteiger partial charge in [-0.05, 0) is 30.2 Å². The van der Waals surface area contributed by atoms with Crippen LogP contribution in [-0.4, -0.2) is 6.03 Å². The number of hydrogen-bond donors (Lipinski definition) is 2. The first-order valence-electron chi connectivity index (χ1n) is 6.49. The van der Waals surface area contributed by atoms with E-state index >= 15 is 0 Å². The zero-order chi connectivity index (χ0) is 14.4. The summed E-state index contributed by atoms with van der Waals surface area (Å²) in [6.45, 7) is 2.49. The van der Waals surface area contributed by atoms with E-state index in [9.17, 15) is 4.79 Å². The predicted molar refractivity (Wildman–Crippen MR) is 84.4 cm³/mol. The number of rotatable bonds is 4. The summed E-state index contributed by atoms with van der Waals surface area (Å²) in [6.07, 6.45) is 0. The molecule has 0 aliphatic heterocycles. The lowest BCUT2D eigenvalue weighted by Crippen LogP contribution is -2.36. The standard InChI is InChI=1S/C16H17BrN2O/c1-12(14-7-9-15(17)10-8-14)19-16(20)18-11-13-5-3-2-4-6-13/h2-10,12H,11H2,1H3,(H2,18,19,20). The van der Waals surface area contributed by atoms with Gasteiger partial charge in [0.15, 0.2) is 0 Å². The molecule has 1 unspecified atom stereocenters. The fourth-order valence-electron chi connectivity index (χ4n) is 1.86. The third-order valence-electron chi connectivity index (χ3n) is 3.01. The lowest BCUT2D eigenvalue weighted by atomic mass is 10.1. The number of urea groups is 1. The van der Waals surface area contributed by atoms with Gasteiger partial charge in [0, 0.05) is 11.0 Å². The van der Waals surface area contributed by atoms with E-state index in [1.165, 1.54) is 0 Å². The molecule has 104 valence electrons. The van der Waals surface area contributed by atoms with Gasteiger partial charge in [-0.2, -0.15) is 0 Å². The largest absolute Gasteiger partial charge is 0.334 e. The number of amides is 2. The van der Waals surface area contributed by atoms with Crippen LogP contribution in [0, 0.1) is 0 Å². The molecule has 0 saturated carbocycles. The Balaban J connectivity index is 1.83. The number of halogens is 1. The average Bonchev–Trinajstić information content (AvgIpc) is 2.47. The van der Waals surface area contributed by atoms with Crippen molar-refractivity contribution >= 4 is 22.0 Å². The van der Waals surface area contributed by atoms with Crippen LogP contribution in [0.5, 0.6) is 0 Å². The van der Waals surface area contributed by atoms with Crippen LogP contribution in [-0.2, 0) is 6.54 Å². The van der Waals surface area contributed by atoms with Crippen molar-refractivity contribution in [2.45, 2.75) is 19.5 Å². The van der Waals surface area contributed by atoms with Gasteiger partial charge in [-0.25, -0.2) is 4.79 Å². The smallest absolute Gasteiger partial charge is 0.315 e. The quantitative estimate of drug-likeness (QED) is 0.872. The van der Waals surface area contributed by atoms with Crippen molar-refractivity contribution in [2.24, 2.45) is 0 Å². The molecule has 0 aromatic heterocycles. The fourth-order valence-corrected chi connectivity index (χ4v) is 2.12. The molecule has 0 aliphatic carbocycles. The summed E-state index contributed by atoms with van der Waals surface area (Å²) in [7, 11) is 0. The van der Waals surface area contributed by atoms with Crippen molar-refractivity contribution < 1.29 is 4.79 Å². The van der Waals surface area contributed by atoms with E-state index in [0.717, 1.165) is 15.6 Å². The summed E-state index contributed by atoms with van der Waals surface area (Å²) in [5.41, 5.74) is 2.15. The van der Waals surface area contributed by atoms with Gasteiger partial charge in [0.05, 0.1) is 6.04 Å². The minimum Gasteiger partial charge on any atom is -0.334 e. The van der Waals surface area contributed by atoms with Crippen molar-refractivity contribution in [3.63, 3.8) is 0 Å². The van der Waals surface area contributed by atoms with Crippen molar-refractivity contribution in [1.82, 2.24) is 10.6 Å². The molecular weight excluding hydrogens is 316 g/mol. The number of hydrogen-bond acceptors (Lipinski definition) is 1. The summed E-state index contributed by atoms with van der Waals surface area (Å²) >= 11 is 3.40. The molecule has 2 rings (SSSR count). The zero-order valence-corrected chi connectivity index (χ0v) is 12.9. The molecule has 2 aromatic rings. The summed E-state index contributed by atoms with van der Waals surface area (Å²) < 4.78 is 1.03. The molecule has 20 heavy (non-hydrogen) atoms. The Labute approximate surface area is 127 Å². The molecule has 0 bridgehead atoms. The first-order valence-corrected chi connectivity index (χ1v) is 7.28. The molecule has 0 fully saturated rings. The highest BCUT2D eigenvalue weighted by molar-refractivity contribution is 9.10. The molecule has 2 amide bonds. The van der Waals surface area contributed by atoms with Crippen LogP contribution in [0.3, 0.4) is 0 Å². The number of benzene rings is 2. The molecular formula is C16H17BrN2O. The van der Waals surface area contributed by atoms with E-state index in [1.807, 2.05) is 61.5 Å². The van der Waals surface area contributed by atoms with E-state index in [-0.39, 0.29) is 12.1 Å². The van der Waals surface area contributed by atoms with Crippen LogP contribution < -0.4 is 10.6 Å². The summed E-state index contributed by atoms with van der Waals surface area (Å²) in [6, 6.07) is 17.6. The van der Waals surface area contributed by atoms with Crippen LogP contribution in [0.4, 0.5) is 4.79 Å². The number of carbonyl (C=O) groups is 1. The topological polar surface area (TPSA) is 41.1 Å². The van der Waals surface area contributed by atoms with Gasteiger partial charge in [0.25, 0.3) is 0 Å². The molecule has 0 saturated heterocycles. The van der Waals surface area contributed by atoms with Crippen molar-refractivity contribution in [1.29, 1.82) is 0 Å². The van der Waals surface area contributed by atoms with E-state index in [4.69, 9.17) is 0 Å². The monoisotopic (exact) mass is 332 g/mol. The maximum atomic E-state index is 11.8. The maximum Gasteiger partial charge on any atom is 0.315 e. The molecule has 2 N–H and O–H groups in total. The molecule has 1 atom stereocenters. The molecule has 0 aliphatic rings. The highest BCUT2D eigenvalue weighted by Gasteiger charge is 2.08. The van der Waals surface area contributed by atoms with Gasteiger partial charge in [0.1, 0.15) is 0 Å². The van der Waals surface area contributed by atoms with Gasteiger partial charge >= 0.3 is 6.03 Å². The second-order valence-corrected chi connectivity index (χ2v) is 5.50. The Morgan fingerprint density at radius 2 is 1.75 bits per heavy atom. The second-order valence-electron chi connectivity index (χ2n) is 4.59. The van der Waals surface area contributed by atoms with Crippen molar-refractivity contribution in [3.8, 4) is 0 Å².